The van der Waals surface area contributed by atoms with Gasteiger partial charge in [0.1, 0.15) is 0 Å². The number of nitrogens with zero attached hydrogens (tertiary/aromatic N) is 3. The van der Waals surface area contributed by atoms with Crippen molar-refractivity contribution in [1.82, 2.24) is 14.8 Å². The monoisotopic (exact) mass is 339 g/mol. The van der Waals surface area contributed by atoms with Crippen LogP contribution in [0.15, 0.2) is 48.5 Å². The fraction of sp³-hybridized carbons (Fsp3) is 0.118. The number of hydrogen-bond acceptors (Lipinski definition) is 7. The van der Waals surface area contributed by atoms with E-state index in [1.165, 1.54) is 0 Å². The van der Waals surface area contributed by atoms with Crippen molar-refractivity contribution >= 4 is 23.5 Å². The maximum Gasteiger partial charge on any atom is 0.281 e. The molecule has 25 heavy (non-hydrogen) atoms. The van der Waals surface area contributed by atoms with Crippen molar-refractivity contribution in [2.24, 2.45) is 0 Å². The highest BCUT2D eigenvalue weighted by molar-refractivity contribution is 5.96. The average molecular weight is 339 g/mol. The molecular formula is C17H17N5O3. The van der Waals surface area contributed by atoms with Crippen LogP contribution >= 0.6 is 0 Å². The smallest absolute Gasteiger partial charge is 0.281 e. The molecule has 0 spiro atoms. The molecule has 3 aromatic rings. The SMILES string of the molecule is COc1ccc(Nc2nc(N)n(C(=O)c3ccccc3)n2)cc1OC. The molecule has 0 radical (unpaired) electrons. The van der Waals surface area contributed by atoms with Gasteiger partial charge in [0.15, 0.2) is 11.5 Å². The van der Waals surface area contributed by atoms with Crippen LogP contribution in [0.4, 0.5) is 17.6 Å². The molecule has 0 aliphatic carbocycles. The Morgan fingerprint density at radius 1 is 1.08 bits per heavy atom. The van der Waals surface area contributed by atoms with Crippen molar-refractivity contribution in [3.63, 3.8) is 0 Å². The van der Waals surface area contributed by atoms with Crippen LogP contribution in [0.25, 0.3) is 0 Å². The molecule has 0 unspecified atom stereocenters. The summed E-state index contributed by atoms with van der Waals surface area (Å²) < 4.78 is 11.5. The molecule has 0 saturated carbocycles. The van der Waals surface area contributed by atoms with Crippen LogP contribution in [-0.2, 0) is 0 Å². The van der Waals surface area contributed by atoms with E-state index in [9.17, 15) is 4.79 Å². The standard InChI is InChI=1S/C17H17N5O3/c1-24-13-9-8-12(10-14(13)25-2)19-17-20-16(18)22(21-17)15(23)11-6-4-3-5-7-11/h3-10H,1-2H3,(H3,18,19,20,21). The molecule has 1 aromatic heterocycles. The zero-order valence-corrected chi connectivity index (χ0v) is 13.8. The van der Waals surface area contributed by atoms with Gasteiger partial charge < -0.3 is 20.5 Å². The fourth-order valence-corrected chi connectivity index (χ4v) is 2.27. The molecule has 2 aromatic carbocycles. The number of nitrogens with one attached hydrogen (secondary N) is 1. The van der Waals surface area contributed by atoms with Gasteiger partial charge in [-0.3, -0.25) is 4.79 Å². The summed E-state index contributed by atoms with van der Waals surface area (Å²) in [5.74, 6) is 1.00. The molecule has 8 nitrogen and oxygen atoms in total. The van der Waals surface area contributed by atoms with E-state index in [2.05, 4.69) is 15.4 Å². The van der Waals surface area contributed by atoms with Gasteiger partial charge in [0.2, 0.25) is 11.9 Å². The van der Waals surface area contributed by atoms with E-state index in [-0.39, 0.29) is 17.8 Å². The summed E-state index contributed by atoms with van der Waals surface area (Å²) in [6, 6.07) is 14.0. The van der Waals surface area contributed by atoms with Gasteiger partial charge in [-0.05, 0) is 24.3 Å². The van der Waals surface area contributed by atoms with Crippen LogP contribution in [0.3, 0.4) is 0 Å². The minimum Gasteiger partial charge on any atom is -0.493 e. The Bertz CT molecular complexity index is 893. The van der Waals surface area contributed by atoms with Gasteiger partial charge in [-0.2, -0.15) is 9.67 Å². The topological polar surface area (TPSA) is 104 Å². The van der Waals surface area contributed by atoms with Crippen molar-refractivity contribution in [2.75, 3.05) is 25.3 Å². The first-order valence-electron chi connectivity index (χ1n) is 7.43. The second-order valence-electron chi connectivity index (χ2n) is 5.07. The van der Waals surface area contributed by atoms with E-state index >= 15 is 0 Å². The van der Waals surface area contributed by atoms with Gasteiger partial charge >= 0.3 is 0 Å². The largest absolute Gasteiger partial charge is 0.493 e. The number of carbonyl (C=O) groups is 1. The molecule has 0 amide bonds. The Balaban J connectivity index is 1.85. The zero-order chi connectivity index (χ0) is 17.8. The Labute approximate surface area is 144 Å². The van der Waals surface area contributed by atoms with E-state index in [1.807, 2.05) is 6.07 Å². The lowest BCUT2D eigenvalue weighted by molar-refractivity contribution is 0.0948. The van der Waals surface area contributed by atoms with Crippen molar-refractivity contribution < 1.29 is 14.3 Å². The summed E-state index contributed by atoms with van der Waals surface area (Å²) in [5.41, 5.74) is 6.96. The highest BCUT2D eigenvalue weighted by Gasteiger charge is 2.16. The molecule has 0 bridgehead atoms. The van der Waals surface area contributed by atoms with Gasteiger partial charge in [-0.15, -0.1) is 5.10 Å². The van der Waals surface area contributed by atoms with Crippen molar-refractivity contribution in [3.05, 3.63) is 54.1 Å². The van der Waals surface area contributed by atoms with Gasteiger partial charge in [-0.1, -0.05) is 18.2 Å². The van der Waals surface area contributed by atoms with Crippen LogP contribution in [0.2, 0.25) is 0 Å². The van der Waals surface area contributed by atoms with Gasteiger partial charge in [-0.25, -0.2) is 0 Å². The molecule has 0 atom stereocenters. The Morgan fingerprint density at radius 3 is 2.48 bits per heavy atom. The Kier molecular flexibility index (Phi) is 4.51. The van der Waals surface area contributed by atoms with E-state index in [0.29, 0.717) is 22.7 Å². The molecule has 128 valence electrons. The third-order valence-electron chi connectivity index (χ3n) is 3.48. The lowest BCUT2D eigenvalue weighted by atomic mass is 10.2. The summed E-state index contributed by atoms with van der Waals surface area (Å²) in [6.45, 7) is 0. The summed E-state index contributed by atoms with van der Waals surface area (Å²) >= 11 is 0. The summed E-state index contributed by atoms with van der Waals surface area (Å²) in [7, 11) is 3.11. The van der Waals surface area contributed by atoms with Crippen LogP contribution < -0.4 is 20.5 Å². The van der Waals surface area contributed by atoms with Gasteiger partial charge in [0, 0.05) is 17.3 Å². The minimum absolute atomic E-state index is 0.00294. The first-order chi connectivity index (χ1) is 12.1. The van der Waals surface area contributed by atoms with E-state index in [0.717, 1.165) is 4.68 Å². The summed E-state index contributed by atoms with van der Waals surface area (Å²) in [5, 5.41) is 7.11. The maximum atomic E-state index is 12.4. The number of benzene rings is 2. The van der Waals surface area contributed by atoms with Crippen LogP contribution in [0.5, 0.6) is 11.5 Å². The first kappa shape index (κ1) is 16.3. The number of aromatic nitrogens is 3. The molecule has 8 heteroatoms. The van der Waals surface area contributed by atoms with Crippen molar-refractivity contribution in [3.8, 4) is 11.5 Å². The third kappa shape index (κ3) is 3.37. The van der Waals surface area contributed by atoms with E-state index in [1.54, 1.807) is 56.7 Å². The lowest BCUT2D eigenvalue weighted by Crippen LogP contribution is -2.16. The number of anilines is 3. The van der Waals surface area contributed by atoms with Crippen molar-refractivity contribution in [1.29, 1.82) is 0 Å². The van der Waals surface area contributed by atoms with Gasteiger partial charge in [0.25, 0.3) is 5.91 Å². The van der Waals surface area contributed by atoms with E-state index < -0.39 is 0 Å². The third-order valence-corrected chi connectivity index (χ3v) is 3.48. The van der Waals surface area contributed by atoms with Crippen molar-refractivity contribution in [2.45, 2.75) is 0 Å². The first-order valence-corrected chi connectivity index (χ1v) is 7.43. The van der Waals surface area contributed by atoms with E-state index in [4.69, 9.17) is 15.2 Å². The Morgan fingerprint density at radius 2 is 1.80 bits per heavy atom. The molecule has 0 fully saturated rings. The summed E-state index contributed by atoms with van der Waals surface area (Å²) in [4.78, 5) is 16.5. The fourth-order valence-electron chi connectivity index (χ4n) is 2.27. The molecule has 0 aliphatic rings. The summed E-state index contributed by atoms with van der Waals surface area (Å²) in [6.07, 6.45) is 0. The second-order valence-corrected chi connectivity index (χ2v) is 5.07. The molecule has 3 N–H and O–H groups in total. The second kappa shape index (κ2) is 6.91. The van der Waals surface area contributed by atoms with Crippen LogP contribution in [0.1, 0.15) is 10.4 Å². The normalized spacial score (nSPS) is 10.3. The highest BCUT2D eigenvalue weighted by atomic mass is 16.5. The van der Waals surface area contributed by atoms with Gasteiger partial charge in [0.05, 0.1) is 14.2 Å². The molecule has 0 aliphatic heterocycles. The number of carbonyl (C=O) groups excluding carboxylic acids is 1. The quantitative estimate of drug-likeness (QED) is 0.735. The van der Waals surface area contributed by atoms with Crippen LogP contribution in [-0.4, -0.2) is 34.9 Å². The number of rotatable bonds is 5. The lowest BCUT2D eigenvalue weighted by Gasteiger charge is -2.09. The molecular weight excluding hydrogens is 322 g/mol. The Hall–Kier alpha value is -3.55. The predicted octanol–water partition coefficient (Wildman–Crippen LogP) is 2.31. The number of nitrogen functional groups attached to an aromatic ring is 1. The number of ether oxygens (including phenoxy) is 2. The molecule has 3 rings (SSSR count). The minimum atomic E-state index is -0.356. The predicted molar refractivity (Wildman–Crippen MR) is 93.4 cm³/mol. The number of hydrogen-bond donors (Lipinski definition) is 2. The number of methoxy groups -OCH3 is 2. The zero-order valence-electron chi connectivity index (χ0n) is 13.8. The molecule has 0 saturated heterocycles. The molecule has 1 heterocycles. The van der Waals surface area contributed by atoms with Crippen LogP contribution in [0, 0.1) is 0 Å². The maximum absolute atomic E-state index is 12.4. The average Bonchev–Trinajstić information content (AvgIpc) is 3.01. The number of nitrogens with two attached hydrogens (primary N) is 1. The highest BCUT2D eigenvalue weighted by Crippen LogP contribution is 2.30.